The molecule has 4 rings (SSSR count). The van der Waals surface area contributed by atoms with Gasteiger partial charge in [0.2, 0.25) is 6.79 Å². The topological polar surface area (TPSA) is 42.0 Å². The van der Waals surface area contributed by atoms with E-state index < -0.39 is 11.7 Å². The lowest BCUT2D eigenvalue weighted by Crippen LogP contribution is -2.48. The third-order valence-electron chi connectivity index (χ3n) is 4.94. The first-order valence-corrected chi connectivity index (χ1v) is 8.97. The third-order valence-corrected chi connectivity index (χ3v) is 4.94. The van der Waals surface area contributed by atoms with Gasteiger partial charge in [0.1, 0.15) is 0 Å². The number of fused-ring (bicyclic) bond motifs is 1. The van der Waals surface area contributed by atoms with Crippen LogP contribution in [0.1, 0.15) is 21.5 Å². The summed E-state index contributed by atoms with van der Waals surface area (Å²) in [6.07, 6.45) is -4.34. The van der Waals surface area contributed by atoms with E-state index in [1.54, 1.807) is 29.2 Å². The van der Waals surface area contributed by atoms with E-state index in [1.165, 1.54) is 12.1 Å². The zero-order valence-corrected chi connectivity index (χ0v) is 15.0. The summed E-state index contributed by atoms with van der Waals surface area (Å²) in [6, 6.07) is 10.5. The van der Waals surface area contributed by atoms with Gasteiger partial charge in [0.05, 0.1) is 5.56 Å². The molecule has 148 valence electrons. The first kappa shape index (κ1) is 18.6. The van der Waals surface area contributed by atoms with Gasteiger partial charge in [-0.15, -0.1) is 0 Å². The monoisotopic (exact) mass is 392 g/mol. The van der Waals surface area contributed by atoms with Crippen molar-refractivity contribution in [2.75, 3.05) is 33.0 Å². The molecule has 2 heterocycles. The lowest BCUT2D eigenvalue weighted by Gasteiger charge is -2.35. The molecule has 0 aromatic heterocycles. The number of carbonyl (C=O) groups is 1. The van der Waals surface area contributed by atoms with Gasteiger partial charge in [0.15, 0.2) is 11.5 Å². The number of nitrogens with zero attached hydrogens (tertiary/aromatic N) is 2. The molecule has 8 heteroatoms. The summed E-state index contributed by atoms with van der Waals surface area (Å²) in [6.45, 7) is 2.83. The quantitative estimate of drug-likeness (QED) is 0.803. The molecule has 0 N–H and O–H groups in total. The largest absolute Gasteiger partial charge is 0.454 e. The molecule has 2 aliphatic heterocycles. The SMILES string of the molecule is O=C(c1ccc2c(c1)OCO2)N1CCN(Cc2cccc(C(F)(F)F)c2)CC1. The van der Waals surface area contributed by atoms with Gasteiger partial charge < -0.3 is 14.4 Å². The zero-order chi connectivity index (χ0) is 19.7. The highest BCUT2D eigenvalue weighted by Crippen LogP contribution is 2.33. The Morgan fingerprint density at radius 3 is 2.46 bits per heavy atom. The maximum absolute atomic E-state index is 12.9. The fourth-order valence-corrected chi connectivity index (χ4v) is 3.43. The number of amides is 1. The van der Waals surface area contributed by atoms with Crippen molar-refractivity contribution in [3.63, 3.8) is 0 Å². The third kappa shape index (κ3) is 3.91. The van der Waals surface area contributed by atoms with E-state index in [9.17, 15) is 18.0 Å². The fourth-order valence-electron chi connectivity index (χ4n) is 3.43. The van der Waals surface area contributed by atoms with Gasteiger partial charge in [-0.2, -0.15) is 13.2 Å². The highest BCUT2D eigenvalue weighted by molar-refractivity contribution is 5.95. The van der Waals surface area contributed by atoms with E-state index in [0.717, 1.165) is 6.07 Å². The summed E-state index contributed by atoms with van der Waals surface area (Å²) in [5, 5.41) is 0. The predicted octanol–water partition coefficient (Wildman–Crippen LogP) is 3.39. The number of piperazine rings is 1. The maximum Gasteiger partial charge on any atom is 0.416 e. The summed E-state index contributed by atoms with van der Waals surface area (Å²) >= 11 is 0. The van der Waals surface area contributed by atoms with Gasteiger partial charge in [0.25, 0.3) is 5.91 Å². The van der Waals surface area contributed by atoms with Crippen molar-refractivity contribution in [3.8, 4) is 11.5 Å². The van der Waals surface area contributed by atoms with Gasteiger partial charge in [0, 0.05) is 38.3 Å². The molecule has 0 aliphatic carbocycles. The Morgan fingerprint density at radius 1 is 0.964 bits per heavy atom. The maximum atomic E-state index is 12.9. The van der Waals surface area contributed by atoms with E-state index >= 15 is 0 Å². The van der Waals surface area contributed by atoms with E-state index in [1.807, 2.05) is 0 Å². The first-order chi connectivity index (χ1) is 13.4. The molecule has 2 aromatic carbocycles. The minimum absolute atomic E-state index is 0.0861. The second-order valence-corrected chi connectivity index (χ2v) is 6.83. The van der Waals surface area contributed by atoms with Crippen LogP contribution in [0.2, 0.25) is 0 Å². The average molecular weight is 392 g/mol. The Balaban J connectivity index is 1.35. The smallest absolute Gasteiger partial charge is 0.416 e. The summed E-state index contributed by atoms with van der Waals surface area (Å²) in [5.41, 5.74) is 0.516. The first-order valence-electron chi connectivity index (χ1n) is 8.97. The molecule has 0 spiro atoms. The summed E-state index contributed by atoms with van der Waals surface area (Å²) in [7, 11) is 0. The van der Waals surface area contributed by atoms with Gasteiger partial charge >= 0.3 is 6.18 Å². The van der Waals surface area contributed by atoms with Crippen molar-refractivity contribution >= 4 is 5.91 Å². The molecular weight excluding hydrogens is 373 g/mol. The molecule has 5 nitrogen and oxygen atoms in total. The lowest BCUT2D eigenvalue weighted by atomic mass is 10.1. The second kappa shape index (κ2) is 7.35. The van der Waals surface area contributed by atoms with Gasteiger partial charge in [-0.05, 0) is 29.8 Å². The van der Waals surface area contributed by atoms with Crippen LogP contribution in [-0.2, 0) is 12.7 Å². The van der Waals surface area contributed by atoms with Crippen molar-refractivity contribution in [1.82, 2.24) is 9.80 Å². The van der Waals surface area contributed by atoms with E-state index in [4.69, 9.17) is 9.47 Å². The van der Waals surface area contributed by atoms with Crippen LogP contribution >= 0.6 is 0 Å². The number of rotatable bonds is 3. The van der Waals surface area contributed by atoms with Crippen molar-refractivity contribution < 1.29 is 27.4 Å². The molecule has 0 atom stereocenters. The van der Waals surface area contributed by atoms with Gasteiger partial charge in [-0.1, -0.05) is 18.2 Å². The normalized spacial score (nSPS) is 17.0. The Bertz CT molecular complexity index is 877. The average Bonchev–Trinajstić information content (AvgIpc) is 3.15. The van der Waals surface area contributed by atoms with E-state index in [-0.39, 0.29) is 12.7 Å². The number of carbonyl (C=O) groups excluding carboxylic acids is 1. The second-order valence-electron chi connectivity index (χ2n) is 6.83. The Kier molecular flexibility index (Phi) is 4.89. The predicted molar refractivity (Wildman–Crippen MR) is 95.2 cm³/mol. The van der Waals surface area contributed by atoms with Crippen molar-refractivity contribution in [2.45, 2.75) is 12.7 Å². The number of halogens is 3. The van der Waals surface area contributed by atoms with Gasteiger partial charge in [-0.25, -0.2) is 0 Å². The van der Waals surface area contributed by atoms with Crippen LogP contribution in [0, 0.1) is 0 Å². The van der Waals surface area contributed by atoms with Crippen LogP contribution in [-0.4, -0.2) is 48.7 Å². The van der Waals surface area contributed by atoms with E-state index in [0.29, 0.717) is 55.3 Å². The van der Waals surface area contributed by atoms with E-state index in [2.05, 4.69) is 4.90 Å². The minimum atomic E-state index is -4.34. The molecule has 0 bridgehead atoms. The van der Waals surface area contributed by atoms with Crippen LogP contribution in [0.5, 0.6) is 11.5 Å². The molecule has 2 aromatic rings. The highest BCUT2D eigenvalue weighted by atomic mass is 19.4. The Morgan fingerprint density at radius 2 is 1.71 bits per heavy atom. The van der Waals surface area contributed by atoms with Crippen LogP contribution < -0.4 is 9.47 Å². The molecule has 1 saturated heterocycles. The molecule has 0 unspecified atom stereocenters. The van der Waals surface area contributed by atoms with Crippen LogP contribution in [0.25, 0.3) is 0 Å². The molecule has 2 aliphatic rings. The number of ether oxygens (including phenoxy) is 2. The van der Waals surface area contributed by atoms with Crippen LogP contribution in [0.3, 0.4) is 0 Å². The standard InChI is InChI=1S/C20H19F3N2O3/c21-20(22,23)16-3-1-2-14(10-16)12-24-6-8-25(9-7-24)19(26)15-4-5-17-18(11-15)28-13-27-17/h1-5,10-11H,6-9,12-13H2. The fraction of sp³-hybridized carbons (Fsp3) is 0.350. The van der Waals surface area contributed by atoms with Gasteiger partial charge in [-0.3, -0.25) is 9.69 Å². The zero-order valence-electron chi connectivity index (χ0n) is 15.0. The van der Waals surface area contributed by atoms with Crippen molar-refractivity contribution in [3.05, 3.63) is 59.2 Å². The highest BCUT2D eigenvalue weighted by Gasteiger charge is 2.30. The molecule has 28 heavy (non-hydrogen) atoms. The molecule has 0 radical (unpaired) electrons. The number of hydrogen-bond donors (Lipinski definition) is 0. The number of hydrogen-bond acceptors (Lipinski definition) is 4. The van der Waals surface area contributed by atoms with Crippen molar-refractivity contribution in [1.29, 1.82) is 0 Å². The number of alkyl halides is 3. The summed E-state index contributed by atoms with van der Waals surface area (Å²) in [4.78, 5) is 16.5. The van der Waals surface area contributed by atoms with Crippen LogP contribution in [0.15, 0.2) is 42.5 Å². The number of benzene rings is 2. The summed E-state index contributed by atoms with van der Waals surface area (Å²) < 4.78 is 49.1. The molecule has 0 saturated carbocycles. The summed E-state index contributed by atoms with van der Waals surface area (Å²) in [5.74, 6) is 1.11. The van der Waals surface area contributed by atoms with Crippen molar-refractivity contribution in [2.24, 2.45) is 0 Å². The minimum Gasteiger partial charge on any atom is -0.454 e. The molecular formula is C20H19F3N2O3. The molecule has 1 amide bonds. The Labute approximate surface area is 160 Å². The van der Waals surface area contributed by atoms with Crippen LogP contribution in [0.4, 0.5) is 13.2 Å². The molecule has 1 fully saturated rings. The lowest BCUT2D eigenvalue weighted by molar-refractivity contribution is -0.137. The Hall–Kier alpha value is -2.74.